The summed E-state index contributed by atoms with van der Waals surface area (Å²) in [6.07, 6.45) is 10.1. The van der Waals surface area contributed by atoms with Crippen LogP contribution in [0.1, 0.15) is 90.8 Å². The average Bonchev–Trinajstić information content (AvgIpc) is 2.66. The van der Waals surface area contributed by atoms with Crippen molar-refractivity contribution >= 4 is 29.1 Å². The average molecular weight is 461 g/mol. The van der Waals surface area contributed by atoms with E-state index in [-0.39, 0.29) is 11.0 Å². The molecule has 1 saturated carbocycles. The normalized spacial score (nSPS) is 21.5. The lowest BCUT2D eigenvalue weighted by Gasteiger charge is -2.36. The summed E-state index contributed by atoms with van der Waals surface area (Å²) in [6, 6.07) is 0.851. The molecule has 2 aliphatic rings. The Balaban J connectivity index is 1.51. The third-order valence-corrected chi connectivity index (χ3v) is 6.62. The molecular weight excluding hydrogens is 416 g/mol. The molecule has 1 fully saturated rings. The number of fused-ring (bicyclic) bond motifs is 1. The number of nitrogens with one attached hydrogen (secondary N) is 3. The first kappa shape index (κ1) is 25.0. The molecule has 1 heterocycles. The minimum absolute atomic E-state index is 0.0188. The topological polar surface area (TPSA) is 65.1 Å². The minimum Gasteiger partial charge on any atom is -0.362 e. The van der Waals surface area contributed by atoms with E-state index in [0.29, 0.717) is 12.1 Å². The quantitative estimate of drug-likeness (QED) is 0.526. The maximum Gasteiger partial charge on any atom is 0.225 e. The van der Waals surface area contributed by atoms with Gasteiger partial charge in [-0.3, -0.25) is 0 Å². The molecule has 6 nitrogen and oxygen atoms in total. The molecule has 7 heteroatoms. The van der Waals surface area contributed by atoms with Gasteiger partial charge in [-0.25, -0.2) is 4.98 Å². The second kappa shape index (κ2) is 10.1. The number of anilines is 2. The van der Waals surface area contributed by atoms with Gasteiger partial charge in [-0.15, -0.1) is 0 Å². The largest absolute Gasteiger partial charge is 0.362 e. The van der Waals surface area contributed by atoms with E-state index >= 15 is 0 Å². The summed E-state index contributed by atoms with van der Waals surface area (Å²) in [5.41, 5.74) is 2.83. The summed E-state index contributed by atoms with van der Waals surface area (Å²) < 4.78 is 0. The zero-order valence-electron chi connectivity index (χ0n) is 21.3. The van der Waals surface area contributed by atoms with Crippen molar-refractivity contribution < 1.29 is 0 Å². The van der Waals surface area contributed by atoms with E-state index in [1.165, 1.54) is 24.1 Å². The van der Waals surface area contributed by atoms with Crippen molar-refractivity contribution in [3.8, 4) is 0 Å². The first-order chi connectivity index (χ1) is 14.9. The summed E-state index contributed by atoms with van der Waals surface area (Å²) in [5, 5.41) is 11.5. The lowest BCUT2D eigenvalue weighted by atomic mass is 9.82. The Labute approximate surface area is 200 Å². The molecule has 0 spiro atoms. The van der Waals surface area contributed by atoms with Crippen LogP contribution < -0.4 is 20.9 Å². The van der Waals surface area contributed by atoms with Crippen LogP contribution in [0.15, 0.2) is 0 Å². The lowest BCUT2D eigenvalue weighted by Crippen LogP contribution is -2.52. The van der Waals surface area contributed by atoms with Crippen molar-refractivity contribution in [1.82, 2.24) is 20.6 Å². The fourth-order valence-electron chi connectivity index (χ4n) is 5.47. The second-order valence-electron chi connectivity index (χ2n) is 11.8. The van der Waals surface area contributed by atoms with Gasteiger partial charge in [-0.2, -0.15) is 4.98 Å². The highest BCUT2D eigenvalue weighted by Gasteiger charge is 2.28. The molecule has 1 aromatic rings. The highest BCUT2D eigenvalue weighted by Crippen LogP contribution is 2.30. The molecule has 0 aliphatic heterocycles. The molecule has 1 aromatic heterocycles. The van der Waals surface area contributed by atoms with Crippen molar-refractivity contribution in [3.05, 3.63) is 11.3 Å². The van der Waals surface area contributed by atoms with Crippen molar-refractivity contribution in [1.29, 1.82) is 0 Å². The van der Waals surface area contributed by atoms with Crippen LogP contribution in [0.3, 0.4) is 0 Å². The van der Waals surface area contributed by atoms with Gasteiger partial charge in [0.25, 0.3) is 0 Å². The first-order valence-corrected chi connectivity index (χ1v) is 12.7. The summed E-state index contributed by atoms with van der Waals surface area (Å²) in [6.45, 7) is 11.3. The SMILES string of the molecule is CN(C)c1nc(N[C@H]2CC[C@@H](NC(=S)NC(C)(C)CC(C)(C)C)CC2)nc2c1CCCC2. The van der Waals surface area contributed by atoms with E-state index in [9.17, 15) is 0 Å². The molecule has 0 aromatic carbocycles. The van der Waals surface area contributed by atoms with Gasteiger partial charge < -0.3 is 20.9 Å². The van der Waals surface area contributed by atoms with Crippen molar-refractivity contribution in [2.24, 2.45) is 5.41 Å². The zero-order chi connectivity index (χ0) is 23.5. The summed E-state index contributed by atoms with van der Waals surface area (Å²) in [7, 11) is 4.16. The van der Waals surface area contributed by atoms with Crippen LogP contribution in [-0.2, 0) is 12.8 Å². The number of hydrogen-bond acceptors (Lipinski definition) is 5. The maximum atomic E-state index is 5.64. The molecule has 0 radical (unpaired) electrons. The van der Waals surface area contributed by atoms with Gasteiger partial charge >= 0.3 is 0 Å². The van der Waals surface area contributed by atoms with Gasteiger partial charge in [-0.05, 0) is 89.3 Å². The van der Waals surface area contributed by atoms with Gasteiger partial charge in [0.05, 0.1) is 5.69 Å². The standard InChI is InChI=1S/C25H44N6S/c1-24(2,3)16-25(4,5)30-23(32)27-18-14-12-17(13-15-18)26-22-28-20-11-9-8-10-19(20)21(29-22)31(6)7/h17-18H,8-16H2,1-7H3,(H,26,28,29)(H2,27,30,32)/t17-,18+. The van der Waals surface area contributed by atoms with E-state index in [1.54, 1.807) is 0 Å². The zero-order valence-corrected chi connectivity index (χ0v) is 22.1. The number of rotatable bonds is 6. The Bertz CT molecular complexity index is 790. The van der Waals surface area contributed by atoms with Crippen molar-refractivity contribution in [3.63, 3.8) is 0 Å². The van der Waals surface area contributed by atoms with Crippen LogP contribution in [-0.4, -0.2) is 46.8 Å². The van der Waals surface area contributed by atoms with Gasteiger partial charge in [0.2, 0.25) is 5.95 Å². The summed E-state index contributed by atoms with van der Waals surface area (Å²) in [5.74, 6) is 1.88. The number of nitrogens with zero attached hydrogens (tertiary/aromatic N) is 3. The Morgan fingerprint density at radius 2 is 1.59 bits per heavy atom. The second-order valence-corrected chi connectivity index (χ2v) is 12.2. The van der Waals surface area contributed by atoms with Crippen LogP contribution in [0, 0.1) is 5.41 Å². The van der Waals surface area contributed by atoms with Gasteiger partial charge in [0, 0.05) is 37.3 Å². The molecule has 32 heavy (non-hydrogen) atoms. The fourth-order valence-corrected chi connectivity index (χ4v) is 5.92. The van der Waals surface area contributed by atoms with E-state index in [4.69, 9.17) is 22.2 Å². The van der Waals surface area contributed by atoms with Gasteiger partial charge in [-0.1, -0.05) is 20.8 Å². The Morgan fingerprint density at radius 1 is 0.969 bits per heavy atom. The predicted molar refractivity (Wildman–Crippen MR) is 140 cm³/mol. The molecule has 0 saturated heterocycles. The molecule has 180 valence electrons. The molecule has 0 amide bonds. The molecule has 0 bridgehead atoms. The third kappa shape index (κ3) is 7.19. The Morgan fingerprint density at radius 3 is 2.22 bits per heavy atom. The number of aryl methyl sites for hydroxylation is 1. The maximum absolute atomic E-state index is 5.64. The van der Waals surface area contributed by atoms with Crippen molar-refractivity contribution in [2.45, 2.75) is 110 Å². The van der Waals surface area contributed by atoms with Gasteiger partial charge in [0.15, 0.2) is 5.11 Å². The molecular formula is C25H44N6S. The van der Waals surface area contributed by atoms with Crippen LogP contribution in [0.5, 0.6) is 0 Å². The van der Waals surface area contributed by atoms with Gasteiger partial charge in [0.1, 0.15) is 5.82 Å². The Hall–Kier alpha value is -1.63. The Kier molecular flexibility index (Phi) is 7.89. The highest BCUT2D eigenvalue weighted by atomic mass is 32.1. The summed E-state index contributed by atoms with van der Waals surface area (Å²) >= 11 is 5.64. The van der Waals surface area contributed by atoms with E-state index in [1.807, 2.05) is 0 Å². The monoisotopic (exact) mass is 460 g/mol. The summed E-state index contributed by atoms with van der Waals surface area (Å²) in [4.78, 5) is 11.9. The highest BCUT2D eigenvalue weighted by molar-refractivity contribution is 7.80. The van der Waals surface area contributed by atoms with Crippen LogP contribution >= 0.6 is 12.2 Å². The van der Waals surface area contributed by atoms with E-state index in [2.05, 4.69) is 69.6 Å². The number of aromatic nitrogens is 2. The number of hydrogen-bond donors (Lipinski definition) is 3. The van der Waals surface area contributed by atoms with E-state index in [0.717, 1.165) is 61.8 Å². The van der Waals surface area contributed by atoms with Crippen LogP contribution in [0.25, 0.3) is 0 Å². The van der Waals surface area contributed by atoms with Crippen molar-refractivity contribution in [2.75, 3.05) is 24.3 Å². The molecule has 0 unspecified atom stereocenters. The predicted octanol–water partition coefficient (Wildman–Crippen LogP) is 4.82. The molecule has 0 atom stereocenters. The van der Waals surface area contributed by atoms with Crippen LogP contribution in [0.4, 0.5) is 11.8 Å². The molecule has 2 aliphatic carbocycles. The first-order valence-electron chi connectivity index (χ1n) is 12.3. The van der Waals surface area contributed by atoms with Crippen LogP contribution in [0.2, 0.25) is 0 Å². The van der Waals surface area contributed by atoms with E-state index < -0.39 is 0 Å². The number of thiocarbonyl (C=S) groups is 1. The molecule has 3 N–H and O–H groups in total. The lowest BCUT2D eigenvalue weighted by molar-refractivity contribution is 0.265. The fraction of sp³-hybridized carbons (Fsp3) is 0.800. The minimum atomic E-state index is -0.0188. The smallest absolute Gasteiger partial charge is 0.225 e. The third-order valence-electron chi connectivity index (χ3n) is 6.40. The molecule has 3 rings (SSSR count).